The van der Waals surface area contributed by atoms with E-state index in [0.717, 1.165) is 10.9 Å². The molecule has 0 amide bonds. The molecule has 0 aliphatic carbocycles. The third-order valence-electron chi connectivity index (χ3n) is 3.35. The van der Waals surface area contributed by atoms with Gasteiger partial charge in [0.15, 0.2) is 0 Å². The Kier molecular flexibility index (Phi) is 2.74. The fraction of sp³-hybridized carbons (Fsp3) is 0.125. The van der Waals surface area contributed by atoms with Crippen LogP contribution in [-0.4, -0.2) is 11.7 Å². The van der Waals surface area contributed by atoms with Gasteiger partial charge in [-0.1, -0.05) is 36.4 Å². The van der Waals surface area contributed by atoms with Crippen LogP contribution < -0.4 is 5.73 Å². The smallest absolute Gasteiger partial charge is 0.0624 e. The molecule has 0 spiro atoms. The van der Waals surface area contributed by atoms with E-state index < -0.39 is 0 Å². The minimum absolute atomic E-state index is 0.0287. The van der Waals surface area contributed by atoms with Crippen LogP contribution in [-0.2, 0) is 0 Å². The Morgan fingerprint density at radius 3 is 2.11 bits per heavy atom. The van der Waals surface area contributed by atoms with Gasteiger partial charge in [-0.2, -0.15) is 0 Å². The first-order valence-corrected chi connectivity index (χ1v) is 6.07. The lowest BCUT2D eigenvalue weighted by atomic mass is 9.99. The summed E-state index contributed by atoms with van der Waals surface area (Å²) in [5.41, 5.74) is 6.82. The summed E-state index contributed by atoms with van der Waals surface area (Å²) in [6, 6.07) is 18.4. The van der Waals surface area contributed by atoms with Crippen molar-refractivity contribution in [2.45, 2.75) is 6.04 Å². The molecular formula is C16H15NO. The molecular weight excluding hydrogens is 222 g/mol. The zero-order valence-electron chi connectivity index (χ0n) is 10.0. The van der Waals surface area contributed by atoms with Crippen molar-refractivity contribution in [3.63, 3.8) is 0 Å². The summed E-state index contributed by atoms with van der Waals surface area (Å²) in [6.45, 7) is -0.0287. The fourth-order valence-electron chi connectivity index (χ4n) is 2.29. The molecule has 3 aromatic carbocycles. The van der Waals surface area contributed by atoms with Crippen molar-refractivity contribution in [3.05, 3.63) is 60.2 Å². The Bertz CT molecular complexity index is 706. The molecule has 90 valence electrons. The lowest BCUT2D eigenvalue weighted by Gasteiger charge is -2.10. The third kappa shape index (κ3) is 1.86. The van der Waals surface area contributed by atoms with Crippen LogP contribution >= 0.6 is 0 Å². The lowest BCUT2D eigenvalue weighted by Crippen LogP contribution is -2.14. The van der Waals surface area contributed by atoms with Gasteiger partial charge in [-0.05, 0) is 45.3 Å². The Balaban J connectivity index is 2.24. The highest BCUT2D eigenvalue weighted by molar-refractivity contribution is 5.98. The molecule has 0 saturated heterocycles. The molecule has 3 rings (SSSR count). The Morgan fingerprint density at radius 2 is 1.44 bits per heavy atom. The second kappa shape index (κ2) is 4.41. The Hall–Kier alpha value is -1.90. The van der Waals surface area contributed by atoms with Crippen molar-refractivity contribution in [2.75, 3.05) is 6.61 Å². The van der Waals surface area contributed by atoms with Gasteiger partial charge in [0.25, 0.3) is 0 Å². The van der Waals surface area contributed by atoms with Gasteiger partial charge in [0.2, 0.25) is 0 Å². The lowest BCUT2D eigenvalue weighted by molar-refractivity contribution is 0.268. The number of aliphatic hydroxyl groups is 1. The first-order chi connectivity index (χ1) is 8.78. The predicted octanol–water partition coefficient (Wildman–Crippen LogP) is 2.99. The molecule has 3 N–H and O–H groups in total. The summed E-state index contributed by atoms with van der Waals surface area (Å²) in [4.78, 5) is 0. The third-order valence-corrected chi connectivity index (χ3v) is 3.35. The van der Waals surface area contributed by atoms with E-state index in [1.165, 1.54) is 16.2 Å². The number of nitrogens with two attached hydrogens (primary N) is 1. The molecule has 0 saturated carbocycles. The minimum Gasteiger partial charge on any atom is -0.394 e. The van der Waals surface area contributed by atoms with Gasteiger partial charge in [0.1, 0.15) is 0 Å². The average Bonchev–Trinajstić information content (AvgIpc) is 2.43. The summed E-state index contributed by atoms with van der Waals surface area (Å²) in [5.74, 6) is 0. The van der Waals surface area contributed by atoms with E-state index in [9.17, 15) is 0 Å². The second-order valence-corrected chi connectivity index (χ2v) is 4.60. The molecule has 0 fully saturated rings. The standard InChI is InChI=1S/C16H15NO/c17-16(10-18)14-6-5-13-7-11-3-1-2-4-12(11)8-15(13)9-14/h1-9,16,18H,10,17H2. The second-order valence-electron chi connectivity index (χ2n) is 4.60. The molecule has 2 nitrogen and oxygen atoms in total. The van der Waals surface area contributed by atoms with Gasteiger partial charge in [0, 0.05) is 0 Å². The topological polar surface area (TPSA) is 46.2 Å². The van der Waals surface area contributed by atoms with Crippen LogP contribution in [0.4, 0.5) is 0 Å². The summed E-state index contributed by atoms with van der Waals surface area (Å²) in [5, 5.41) is 13.9. The molecule has 2 heteroatoms. The van der Waals surface area contributed by atoms with Gasteiger partial charge >= 0.3 is 0 Å². The van der Waals surface area contributed by atoms with Gasteiger partial charge in [-0.3, -0.25) is 0 Å². The maximum atomic E-state index is 9.11. The van der Waals surface area contributed by atoms with Gasteiger partial charge in [-0.25, -0.2) is 0 Å². The molecule has 1 unspecified atom stereocenters. The van der Waals surface area contributed by atoms with E-state index in [0.29, 0.717) is 0 Å². The van der Waals surface area contributed by atoms with Crippen LogP contribution in [0, 0.1) is 0 Å². The molecule has 0 aromatic heterocycles. The molecule has 1 atom stereocenters. The number of fused-ring (bicyclic) bond motifs is 2. The molecule has 0 radical (unpaired) electrons. The van der Waals surface area contributed by atoms with Gasteiger partial charge in [-0.15, -0.1) is 0 Å². The number of rotatable bonds is 2. The van der Waals surface area contributed by atoms with Crippen molar-refractivity contribution in [2.24, 2.45) is 5.73 Å². The number of hydrogen-bond donors (Lipinski definition) is 2. The van der Waals surface area contributed by atoms with Crippen LogP contribution in [0.1, 0.15) is 11.6 Å². The molecule has 18 heavy (non-hydrogen) atoms. The average molecular weight is 237 g/mol. The van der Waals surface area contributed by atoms with E-state index in [2.05, 4.69) is 36.4 Å². The quantitative estimate of drug-likeness (QED) is 0.673. The van der Waals surface area contributed by atoms with Crippen LogP contribution in [0.3, 0.4) is 0 Å². The van der Waals surface area contributed by atoms with Crippen LogP contribution in [0.15, 0.2) is 54.6 Å². The zero-order valence-corrected chi connectivity index (χ0v) is 10.0. The van der Waals surface area contributed by atoms with Crippen LogP contribution in [0.5, 0.6) is 0 Å². The highest BCUT2D eigenvalue weighted by Crippen LogP contribution is 2.25. The van der Waals surface area contributed by atoms with Gasteiger partial charge < -0.3 is 10.8 Å². The highest BCUT2D eigenvalue weighted by Gasteiger charge is 2.05. The first kappa shape index (κ1) is 11.2. The van der Waals surface area contributed by atoms with E-state index >= 15 is 0 Å². The minimum atomic E-state index is -0.305. The number of hydrogen-bond acceptors (Lipinski definition) is 2. The molecule has 0 heterocycles. The highest BCUT2D eigenvalue weighted by atomic mass is 16.3. The Morgan fingerprint density at radius 1 is 0.833 bits per heavy atom. The summed E-state index contributed by atoms with van der Waals surface area (Å²) in [7, 11) is 0. The molecule has 0 bridgehead atoms. The monoisotopic (exact) mass is 237 g/mol. The maximum Gasteiger partial charge on any atom is 0.0624 e. The molecule has 0 aliphatic heterocycles. The first-order valence-electron chi connectivity index (χ1n) is 6.07. The number of aliphatic hydroxyl groups excluding tert-OH is 1. The normalized spacial score (nSPS) is 13.0. The van der Waals surface area contributed by atoms with E-state index in [4.69, 9.17) is 10.8 Å². The van der Waals surface area contributed by atoms with Crippen molar-refractivity contribution in [1.82, 2.24) is 0 Å². The van der Waals surface area contributed by atoms with E-state index in [-0.39, 0.29) is 12.6 Å². The van der Waals surface area contributed by atoms with E-state index in [1.807, 2.05) is 18.2 Å². The van der Waals surface area contributed by atoms with E-state index in [1.54, 1.807) is 0 Å². The summed E-state index contributed by atoms with van der Waals surface area (Å²) in [6.07, 6.45) is 0. The SMILES string of the molecule is NC(CO)c1ccc2cc3ccccc3cc2c1. The zero-order chi connectivity index (χ0) is 12.5. The molecule has 3 aromatic rings. The van der Waals surface area contributed by atoms with Crippen molar-refractivity contribution in [1.29, 1.82) is 0 Å². The fourth-order valence-corrected chi connectivity index (χ4v) is 2.29. The maximum absolute atomic E-state index is 9.11. The summed E-state index contributed by atoms with van der Waals surface area (Å²) < 4.78 is 0. The van der Waals surface area contributed by atoms with Crippen LogP contribution in [0.25, 0.3) is 21.5 Å². The van der Waals surface area contributed by atoms with Gasteiger partial charge in [0.05, 0.1) is 12.6 Å². The van der Waals surface area contributed by atoms with Crippen molar-refractivity contribution in [3.8, 4) is 0 Å². The van der Waals surface area contributed by atoms with Crippen molar-refractivity contribution >= 4 is 21.5 Å². The van der Waals surface area contributed by atoms with Crippen LogP contribution in [0.2, 0.25) is 0 Å². The van der Waals surface area contributed by atoms with Crippen molar-refractivity contribution < 1.29 is 5.11 Å². The largest absolute Gasteiger partial charge is 0.394 e. The molecule has 0 aliphatic rings. The predicted molar refractivity (Wildman–Crippen MR) is 75.5 cm³/mol. The number of benzene rings is 3. The Labute approximate surface area is 106 Å². The summed E-state index contributed by atoms with van der Waals surface area (Å²) >= 11 is 0.